The lowest BCUT2D eigenvalue weighted by Gasteiger charge is -2.18. The van der Waals surface area contributed by atoms with Gasteiger partial charge < -0.3 is 19.3 Å². The summed E-state index contributed by atoms with van der Waals surface area (Å²) in [6.07, 6.45) is 5.90. The van der Waals surface area contributed by atoms with Crippen LogP contribution in [-0.2, 0) is 16.1 Å². The Hall–Kier alpha value is -3.58. The molecule has 0 aliphatic heterocycles. The van der Waals surface area contributed by atoms with Crippen molar-refractivity contribution in [1.29, 1.82) is 0 Å². The number of carboxylic acid groups (broad SMARTS) is 1. The van der Waals surface area contributed by atoms with Gasteiger partial charge in [-0.2, -0.15) is 5.10 Å². The first-order valence-corrected chi connectivity index (χ1v) is 9.49. The normalized spacial score (nSPS) is 12.0. The van der Waals surface area contributed by atoms with E-state index >= 15 is 0 Å². The van der Waals surface area contributed by atoms with Crippen molar-refractivity contribution in [3.8, 4) is 11.5 Å². The summed E-state index contributed by atoms with van der Waals surface area (Å²) in [5.74, 6) is 0.303. The van der Waals surface area contributed by atoms with Gasteiger partial charge in [0.25, 0.3) is 0 Å². The van der Waals surface area contributed by atoms with Crippen LogP contribution in [0.4, 0.5) is 0 Å². The molecule has 1 heterocycles. The summed E-state index contributed by atoms with van der Waals surface area (Å²) < 4.78 is 19.0. The molecular formula is C23H24N2O5. The van der Waals surface area contributed by atoms with Crippen LogP contribution in [0.3, 0.4) is 0 Å². The summed E-state index contributed by atoms with van der Waals surface area (Å²) in [7, 11) is 1.60. The van der Waals surface area contributed by atoms with E-state index < -0.39 is 5.97 Å². The number of ether oxygens (including phenoxy) is 3. The van der Waals surface area contributed by atoms with E-state index in [1.54, 1.807) is 18.0 Å². The molecule has 1 N–H and O–H groups in total. The topological polar surface area (TPSA) is 82.8 Å². The third-order valence-corrected chi connectivity index (χ3v) is 4.32. The Morgan fingerprint density at radius 3 is 2.63 bits per heavy atom. The molecule has 3 aromatic rings. The van der Waals surface area contributed by atoms with Gasteiger partial charge in [0.2, 0.25) is 0 Å². The van der Waals surface area contributed by atoms with Gasteiger partial charge in [-0.25, -0.2) is 4.79 Å². The van der Waals surface area contributed by atoms with Crippen LogP contribution < -0.4 is 9.47 Å². The van der Waals surface area contributed by atoms with Gasteiger partial charge in [-0.3, -0.25) is 4.68 Å². The number of benzene rings is 2. The number of aliphatic carboxylic acids is 1. The zero-order valence-corrected chi connectivity index (χ0v) is 16.7. The molecule has 0 saturated heterocycles. The van der Waals surface area contributed by atoms with Crippen LogP contribution >= 0.6 is 0 Å². The van der Waals surface area contributed by atoms with Crippen molar-refractivity contribution in [1.82, 2.24) is 9.78 Å². The van der Waals surface area contributed by atoms with E-state index in [2.05, 4.69) is 5.10 Å². The van der Waals surface area contributed by atoms with E-state index in [9.17, 15) is 4.79 Å². The summed E-state index contributed by atoms with van der Waals surface area (Å²) in [6, 6.07) is 17.0. The number of methoxy groups -OCH3 is 1. The molecule has 3 rings (SSSR count). The van der Waals surface area contributed by atoms with Crippen molar-refractivity contribution < 1.29 is 24.1 Å². The molecule has 7 nitrogen and oxygen atoms in total. The Morgan fingerprint density at radius 1 is 1.13 bits per heavy atom. The molecule has 0 bridgehead atoms. The van der Waals surface area contributed by atoms with Crippen molar-refractivity contribution >= 4 is 12.0 Å². The summed E-state index contributed by atoms with van der Waals surface area (Å²) in [5, 5.41) is 13.2. The molecule has 0 fully saturated rings. The molecule has 30 heavy (non-hydrogen) atoms. The van der Waals surface area contributed by atoms with E-state index in [0.717, 1.165) is 17.4 Å². The van der Waals surface area contributed by atoms with Gasteiger partial charge in [0.1, 0.15) is 30.8 Å². The third kappa shape index (κ3) is 6.49. The van der Waals surface area contributed by atoms with Crippen LogP contribution in [0.5, 0.6) is 11.5 Å². The Morgan fingerprint density at radius 2 is 1.93 bits per heavy atom. The molecule has 0 aliphatic carbocycles. The predicted octanol–water partition coefficient (Wildman–Crippen LogP) is 3.50. The van der Waals surface area contributed by atoms with E-state index in [4.69, 9.17) is 19.3 Å². The molecule has 1 aromatic heterocycles. The maximum absolute atomic E-state index is 10.9. The molecule has 0 spiro atoms. The number of rotatable bonds is 11. The fourth-order valence-corrected chi connectivity index (χ4v) is 2.75. The largest absolute Gasteiger partial charge is 0.491 e. The fourth-order valence-electron chi connectivity index (χ4n) is 2.75. The van der Waals surface area contributed by atoms with Crippen molar-refractivity contribution in [2.45, 2.75) is 12.6 Å². The highest BCUT2D eigenvalue weighted by Crippen LogP contribution is 2.23. The highest BCUT2D eigenvalue weighted by molar-refractivity contribution is 5.85. The van der Waals surface area contributed by atoms with Crippen LogP contribution in [0.25, 0.3) is 6.08 Å². The highest BCUT2D eigenvalue weighted by Gasteiger charge is 2.12. The zero-order valence-electron chi connectivity index (χ0n) is 16.7. The first-order chi connectivity index (χ1) is 14.6. The molecule has 2 aromatic carbocycles. The Kier molecular flexibility index (Phi) is 7.63. The average molecular weight is 408 g/mol. The third-order valence-electron chi connectivity index (χ3n) is 4.32. The second-order valence-corrected chi connectivity index (χ2v) is 6.54. The molecular weight excluding hydrogens is 384 g/mol. The molecule has 7 heteroatoms. The average Bonchev–Trinajstić information content (AvgIpc) is 3.27. The number of hydrogen-bond acceptors (Lipinski definition) is 5. The van der Waals surface area contributed by atoms with Gasteiger partial charge in [-0.15, -0.1) is 0 Å². The molecule has 1 unspecified atom stereocenters. The van der Waals surface area contributed by atoms with E-state index in [0.29, 0.717) is 24.5 Å². The fraction of sp³-hybridized carbons (Fsp3) is 0.217. The molecule has 0 saturated carbocycles. The molecule has 0 radical (unpaired) electrons. The van der Waals surface area contributed by atoms with Crippen molar-refractivity contribution in [2.75, 3.05) is 20.3 Å². The second kappa shape index (κ2) is 10.8. The maximum atomic E-state index is 10.9. The number of carboxylic acids is 1. The molecule has 1 atom stereocenters. The lowest BCUT2D eigenvalue weighted by molar-refractivity contribution is -0.131. The summed E-state index contributed by atoms with van der Waals surface area (Å²) in [6.45, 7) is 1.16. The number of carbonyl (C=O) groups is 1. The van der Waals surface area contributed by atoms with Crippen molar-refractivity contribution in [3.63, 3.8) is 0 Å². The van der Waals surface area contributed by atoms with E-state index in [1.807, 2.05) is 60.8 Å². The highest BCUT2D eigenvalue weighted by atomic mass is 16.6. The Labute approximate surface area is 175 Å². The summed E-state index contributed by atoms with van der Waals surface area (Å²) >= 11 is 0. The standard InChI is InChI=1S/C23H24N2O5/c1-28-21(16-29-20-6-3-2-4-7-20)17-30-22-14-18(15-25-13-5-12-24-25)8-9-19(22)10-11-23(26)27/h2-14,21H,15-17H2,1H3,(H,26,27)/b11-10+. The van der Waals surface area contributed by atoms with Crippen LogP contribution in [0.1, 0.15) is 11.1 Å². The van der Waals surface area contributed by atoms with Gasteiger partial charge in [-0.1, -0.05) is 30.3 Å². The van der Waals surface area contributed by atoms with Gasteiger partial charge in [-0.05, 0) is 35.9 Å². The molecule has 0 aliphatic rings. The molecule has 0 amide bonds. The minimum absolute atomic E-state index is 0.252. The van der Waals surface area contributed by atoms with Crippen LogP contribution in [0, 0.1) is 0 Å². The Balaban J connectivity index is 1.69. The molecule has 156 valence electrons. The van der Waals surface area contributed by atoms with Crippen LogP contribution in [0.2, 0.25) is 0 Å². The number of nitrogens with zero attached hydrogens (tertiary/aromatic N) is 2. The number of para-hydroxylation sites is 1. The zero-order chi connectivity index (χ0) is 21.2. The first kappa shape index (κ1) is 21.1. The van der Waals surface area contributed by atoms with Gasteiger partial charge in [0.05, 0.1) is 6.54 Å². The lowest BCUT2D eigenvalue weighted by atomic mass is 10.1. The van der Waals surface area contributed by atoms with Crippen molar-refractivity contribution in [3.05, 3.63) is 84.2 Å². The first-order valence-electron chi connectivity index (χ1n) is 9.49. The van der Waals surface area contributed by atoms with E-state index in [1.165, 1.54) is 6.08 Å². The lowest BCUT2D eigenvalue weighted by Crippen LogP contribution is -2.27. The van der Waals surface area contributed by atoms with Gasteiger partial charge in [0.15, 0.2) is 0 Å². The SMILES string of the molecule is COC(COc1ccccc1)COc1cc(Cn2cccn2)ccc1/C=C/C(=O)O. The monoisotopic (exact) mass is 408 g/mol. The minimum atomic E-state index is -1.02. The Bertz CT molecular complexity index is 955. The van der Waals surface area contributed by atoms with Crippen LogP contribution in [0.15, 0.2) is 73.1 Å². The van der Waals surface area contributed by atoms with Gasteiger partial charge >= 0.3 is 5.97 Å². The predicted molar refractivity (Wildman–Crippen MR) is 113 cm³/mol. The summed E-state index contributed by atoms with van der Waals surface area (Å²) in [5.41, 5.74) is 1.65. The van der Waals surface area contributed by atoms with Crippen LogP contribution in [-0.4, -0.2) is 47.3 Å². The number of aromatic nitrogens is 2. The quantitative estimate of drug-likeness (QED) is 0.489. The van der Waals surface area contributed by atoms with Crippen molar-refractivity contribution in [2.24, 2.45) is 0 Å². The van der Waals surface area contributed by atoms with E-state index in [-0.39, 0.29) is 12.7 Å². The summed E-state index contributed by atoms with van der Waals surface area (Å²) in [4.78, 5) is 10.9. The van der Waals surface area contributed by atoms with Gasteiger partial charge in [0, 0.05) is 31.1 Å². The minimum Gasteiger partial charge on any atom is -0.491 e. The smallest absolute Gasteiger partial charge is 0.328 e. The maximum Gasteiger partial charge on any atom is 0.328 e. The number of hydrogen-bond donors (Lipinski definition) is 1. The second-order valence-electron chi connectivity index (χ2n) is 6.54.